The molecule has 1 aliphatic heterocycles. The molecule has 1 aliphatic rings. The van der Waals surface area contributed by atoms with Crippen molar-refractivity contribution in [2.24, 2.45) is 0 Å². The van der Waals surface area contributed by atoms with Crippen LogP contribution in [-0.2, 0) is 32.6 Å². The van der Waals surface area contributed by atoms with Crippen LogP contribution in [0.25, 0.3) is 0 Å². The third-order valence-electron chi connectivity index (χ3n) is 6.63. The average Bonchev–Trinajstić information content (AvgIpc) is 3.45. The van der Waals surface area contributed by atoms with E-state index in [4.69, 9.17) is 14.2 Å². The summed E-state index contributed by atoms with van der Waals surface area (Å²) in [5.41, 5.74) is 1.84. The predicted octanol–water partition coefficient (Wildman–Crippen LogP) is 2.97. The Labute approximate surface area is 234 Å². The van der Waals surface area contributed by atoms with Crippen LogP contribution in [0.4, 0.5) is 5.69 Å². The molecule has 0 aliphatic carbocycles. The summed E-state index contributed by atoms with van der Waals surface area (Å²) in [6.07, 6.45) is 0.237. The van der Waals surface area contributed by atoms with Gasteiger partial charge in [-0.3, -0.25) is 13.9 Å². The van der Waals surface area contributed by atoms with Gasteiger partial charge < -0.3 is 24.4 Å². The fraction of sp³-hybridized carbons (Fsp3) is 0.310. The zero-order chi connectivity index (χ0) is 28.7. The molecule has 1 N–H and O–H groups in total. The summed E-state index contributed by atoms with van der Waals surface area (Å²) in [7, 11) is -0.830. The van der Waals surface area contributed by atoms with Gasteiger partial charge in [0.05, 0.1) is 18.6 Å². The number of likely N-dealkylation sites (N-methyl/N-ethyl adjacent to an activating group) is 1. The largest absolute Gasteiger partial charge is 0.497 e. The Kier molecular flexibility index (Phi) is 9.15. The SMILES string of the molecule is CCS(=O)(=O)N(CC(=O)N(Cc1cccc(OC)c1)[C@@H](Cc1ccccc1)C(=O)NC)c1ccc2c(c1)OCO2. The molecule has 0 aromatic heterocycles. The zero-order valence-electron chi connectivity index (χ0n) is 22.7. The summed E-state index contributed by atoms with van der Waals surface area (Å²) in [4.78, 5) is 28.7. The van der Waals surface area contributed by atoms with Gasteiger partial charge in [-0.15, -0.1) is 0 Å². The molecule has 3 aromatic carbocycles. The number of ether oxygens (including phenoxy) is 3. The molecule has 1 heterocycles. The van der Waals surface area contributed by atoms with Crippen molar-refractivity contribution in [1.82, 2.24) is 10.2 Å². The Hall–Kier alpha value is -4.25. The topological polar surface area (TPSA) is 114 Å². The first-order valence-corrected chi connectivity index (χ1v) is 14.4. The van der Waals surface area contributed by atoms with Crippen molar-refractivity contribution in [3.63, 3.8) is 0 Å². The van der Waals surface area contributed by atoms with E-state index in [0.717, 1.165) is 15.4 Å². The normalized spacial score (nSPS) is 12.9. The molecule has 10 nitrogen and oxygen atoms in total. The van der Waals surface area contributed by atoms with Crippen molar-refractivity contribution in [1.29, 1.82) is 0 Å². The lowest BCUT2D eigenvalue weighted by Gasteiger charge is -2.33. The van der Waals surface area contributed by atoms with E-state index in [9.17, 15) is 18.0 Å². The highest BCUT2D eigenvalue weighted by molar-refractivity contribution is 7.92. The number of anilines is 1. The molecule has 0 spiro atoms. The lowest BCUT2D eigenvalue weighted by atomic mass is 10.0. The van der Waals surface area contributed by atoms with Gasteiger partial charge in [-0.25, -0.2) is 8.42 Å². The van der Waals surface area contributed by atoms with Crippen LogP contribution in [0.5, 0.6) is 17.2 Å². The standard InChI is InChI=1S/C29H33N3O7S/c1-4-40(35,36)32(23-13-14-26-27(17-23)39-20-38-26)19-28(33)31(18-22-11-8-12-24(15-22)37-3)25(29(34)30-2)16-21-9-6-5-7-10-21/h5-15,17,25H,4,16,18-20H2,1-3H3,(H,30,34)/t25-/m0/s1. The van der Waals surface area contributed by atoms with E-state index in [1.165, 1.54) is 24.9 Å². The molecule has 4 rings (SSSR count). The molecule has 0 saturated heterocycles. The minimum Gasteiger partial charge on any atom is -0.497 e. The predicted molar refractivity (Wildman–Crippen MR) is 151 cm³/mol. The second-order valence-corrected chi connectivity index (χ2v) is 11.3. The summed E-state index contributed by atoms with van der Waals surface area (Å²) in [5, 5.41) is 2.66. The van der Waals surface area contributed by atoms with Crippen molar-refractivity contribution < 1.29 is 32.2 Å². The van der Waals surface area contributed by atoms with Crippen molar-refractivity contribution in [3.05, 3.63) is 83.9 Å². The number of hydrogen-bond acceptors (Lipinski definition) is 7. The second-order valence-electron chi connectivity index (χ2n) is 9.14. The summed E-state index contributed by atoms with van der Waals surface area (Å²) >= 11 is 0. The first-order chi connectivity index (χ1) is 19.2. The van der Waals surface area contributed by atoms with Crippen LogP contribution < -0.4 is 23.8 Å². The highest BCUT2D eigenvalue weighted by Crippen LogP contribution is 2.36. The van der Waals surface area contributed by atoms with Crippen molar-refractivity contribution >= 4 is 27.5 Å². The number of carbonyl (C=O) groups excluding carboxylic acids is 2. The van der Waals surface area contributed by atoms with Crippen LogP contribution in [0.15, 0.2) is 72.8 Å². The molecule has 0 radical (unpaired) electrons. The Bertz CT molecular complexity index is 1450. The van der Waals surface area contributed by atoms with Crippen molar-refractivity contribution in [2.75, 3.05) is 37.6 Å². The third-order valence-corrected chi connectivity index (χ3v) is 8.37. The maximum Gasteiger partial charge on any atom is 0.244 e. The van der Waals surface area contributed by atoms with Gasteiger partial charge in [-0.2, -0.15) is 0 Å². The van der Waals surface area contributed by atoms with Gasteiger partial charge in [0.15, 0.2) is 11.5 Å². The number of sulfonamides is 1. The molecule has 1 atom stereocenters. The highest BCUT2D eigenvalue weighted by Gasteiger charge is 2.33. The summed E-state index contributed by atoms with van der Waals surface area (Å²) in [6, 6.07) is 20.3. The number of nitrogens with zero attached hydrogens (tertiary/aromatic N) is 2. The molecule has 3 aromatic rings. The summed E-state index contributed by atoms with van der Waals surface area (Å²) in [5.74, 6) is 0.344. The first kappa shape index (κ1) is 28.8. The summed E-state index contributed by atoms with van der Waals surface area (Å²) < 4.78 is 43.7. The molecular formula is C29H33N3O7S. The number of fused-ring (bicyclic) bond motifs is 1. The van der Waals surface area contributed by atoms with Crippen LogP contribution in [-0.4, -0.2) is 64.4 Å². The molecule has 11 heteroatoms. The third kappa shape index (κ3) is 6.66. The maximum atomic E-state index is 14.1. The van der Waals surface area contributed by atoms with E-state index in [2.05, 4.69) is 5.32 Å². The fourth-order valence-electron chi connectivity index (χ4n) is 4.45. The molecule has 0 saturated carbocycles. The van der Waals surface area contributed by atoms with Crippen molar-refractivity contribution in [3.8, 4) is 17.2 Å². The smallest absolute Gasteiger partial charge is 0.244 e. The van der Waals surface area contributed by atoms with Gasteiger partial charge in [0, 0.05) is 26.1 Å². The van der Waals surface area contributed by atoms with E-state index >= 15 is 0 Å². The van der Waals surface area contributed by atoms with Gasteiger partial charge in [-0.1, -0.05) is 42.5 Å². The molecule has 212 valence electrons. The lowest BCUT2D eigenvalue weighted by Crippen LogP contribution is -2.53. The van der Waals surface area contributed by atoms with E-state index in [0.29, 0.717) is 17.2 Å². The number of rotatable bonds is 12. The number of hydrogen-bond donors (Lipinski definition) is 1. The fourth-order valence-corrected chi connectivity index (χ4v) is 5.50. The van der Waals surface area contributed by atoms with Gasteiger partial charge in [-0.05, 0) is 42.3 Å². The number of benzene rings is 3. The number of nitrogens with one attached hydrogen (secondary N) is 1. The summed E-state index contributed by atoms with van der Waals surface area (Å²) in [6.45, 7) is 1.08. The minimum atomic E-state index is -3.88. The van der Waals surface area contributed by atoms with Gasteiger partial charge in [0.1, 0.15) is 18.3 Å². The second kappa shape index (κ2) is 12.7. The number of methoxy groups -OCH3 is 1. The molecule has 0 fully saturated rings. The van der Waals surface area contributed by atoms with Crippen LogP contribution in [0.3, 0.4) is 0 Å². The Morgan fingerprint density at radius 2 is 1.70 bits per heavy atom. The molecule has 2 amide bonds. The molecule has 40 heavy (non-hydrogen) atoms. The van der Waals surface area contributed by atoms with Crippen LogP contribution >= 0.6 is 0 Å². The maximum absolute atomic E-state index is 14.1. The number of amides is 2. The minimum absolute atomic E-state index is 0.0276. The van der Waals surface area contributed by atoms with Crippen LogP contribution in [0, 0.1) is 0 Å². The van der Waals surface area contributed by atoms with Crippen LogP contribution in [0.1, 0.15) is 18.1 Å². The average molecular weight is 568 g/mol. The van der Waals surface area contributed by atoms with E-state index in [1.54, 1.807) is 37.4 Å². The van der Waals surface area contributed by atoms with Crippen molar-refractivity contribution in [2.45, 2.75) is 25.9 Å². The van der Waals surface area contributed by atoms with E-state index < -0.39 is 28.5 Å². The Morgan fingerprint density at radius 3 is 2.40 bits per heavy atom. The lowest BCUT2D eigenvalue weighted by molar-refractivity contribution is -0.139. The Morgan fingerprint density at radius 1 is 0.975 bits per heavy atom. The quantitative estimate of drug-likeness (QED) is 0.358. The van der Waals surface area contributed by atoms with E-state index in [1.807, 2.05) is 36.4 Å². The molecule has 0 unspecified atom stereocenters. The molecule has 0 bridgehead atoms. The zero-order valence-corrected chi connectivity index (χ0v) is 23.5. The highest BCUT2D eigenvalue weighted by atomic mass is 32.2. The monoisotopic (exact) mass is 567 g/mol. The van der Waals surface area contributed by atoms with Gasteiger partial charge >= 0.3 is 0 Å². The van der Waals surface area contributed by atoms with E-state index in [-0.39, 0.29) is 37.1 Å². The molecular weight excluding hydrogens is 534 g/mol. The first-order valence-electron chi connectivity index (χ1n) is 12.8. The van der Waals surface area contributed by atoms with Gasteiger partial charge in [0.25, 0.3) is 0 Å². The Balaban J connectivity index is 1.73. The van der Waals surface area contributed by atoms with Crippen LogP contribution in [0.2, 0.25) is 0 Å². The van der Waals surface area contributed by atoms with Gasteiger partial charge in [0.2, 0.25) is 28.6 Å². The number of carbonyl (C=O) groups is 2.